The van der Waals surface area contributed by atoms with E-state index < -0.39 is 17.8 Å². The van der Waals surface area contributed by atoms with E-state index in [-0.39, 0.29) is 17.7 Å². The van der Waals surface area contributed by atoms with Crippen LogP contribution in [-0.2, 0) is 16.1 Å². The first-order chi connectivity index (χ1) is 17.8. The molecule has 188 valence electrons. The standard InChI is InChI=1S/C28H24N2O7/c1-3-36-25-15-19(6-13-24(25)37-17-18-4-7-20(8-5-18)27(32)33)14-22(16-29)26(31)30-23-11-9-21(10-12-23)28(34)35-2/h4-15H,3,17H2,1-2H3,(H,30,31)(H,32,33)/b22-14+. The SMILES string of the molecule is CCOc1cc(/C=C(\C#N)C(=O)Nc2ccc(C(=O)OC)cc2)ccc1OCc1ccc(C(=O)O)cc1. The number of nitriles is 1. The van der Waals surface area contributed by atoms with Crippen LogP contribution < -0.4 is 14.8 Å². The number of carbonyl (C=O) groups excluding carboxylic acids is 2. The summed E-state index contributed by atoms with van der Waals surface area (Å²) in [6.07, 6.45) is 1.43. The lowest BCUT2D eigenvalue weighted by atomic mass is 10.1. The molecule has 0 spiro atoms. The molecule has 37 heavy (non-hydrogen) atoms. The summed E-state index contributed by atoms with van der Waals surface area (Å²) >= 11 is 0. The van der Waals surface area contributed by atoms with E-state index in [2.05, 4.69) is 10.1 Å². The summed E-state index contributed by atoms with van der Waals surface area (Å²) in [6, 6.07) is 19.3. The quantitative estimate of drug-likeness (QED) is 0.232. The van der Waals surface area contributed by atoms with Gasteiger partial charge in [-0.1, -0.05) is 18.2 Å². The summed E-state index contributed by atoms with van der Waals surface area (Å²) in [6.45, 7) is 2.37. The molecule has 0 saturated heterocycles. The monoisotopic (exact) mass is 500 g/mol. The third-order valence-electron chi connectivity index (χ3n) is 5.10. The molecule has 0 aliphatic carbocycles. The number of esters is 1. The van der Waals surface area contributed by atoms with Gasteiger partial charge in [-0.2, -0.15) is 5.26 Å². The van der Waals surface area contributed by atoms with Gasteiger partial charge in [0.25, 0.3) is 5.91 Å². The summed E-state index contributed by atoms with van der Waals surface area (Å²) in [4.78, 5) is 35.2. The van der Waals surface area contributed by atoms with Crippen LogP contribution >= 0.6 is 0 Å². The van der Waals surface area contributed by atoms with Gasteiger partial charge >= 0.3 is 11.9 Å². The van der Waals surface area contributed by atoms with Gasteiger partial charge in [-0.25, -0.2) is 9.59 Å². The lowest BCUT2D eigenvalue weighted by molar-refractivity contribution is -0.112. The number of carboxylic acids is 1. The van der Waals surface area contributed by atoms with Crippen molar-refractivity contribution >= 4 is 29.6 Å². The number of aromatic carboxylic acids is 1. The zero-order valence-corrected chi connectivity index (χ0v) is 20.2. The molecule has 0 aromatic heterocycles. The third-order valence-corrected chi connectivity index (χ3v) is 5.10. The minimum Gasteiger partial charge on any atom is -0.490 e. The third kappa shape index (κ3) is 7.19. The van der Waals surface area contributed by atoms with Crippen LogP contribution in [0.25, 0.3) is 6.08 Å². The normalized spacial score (nSPS) is 10.7. The first kappa shape index (κ1) is 26.5. The maximum Gasteiger partial charge on any atom is 0.337 e. The molecule has 0 radical (unpaired) electrons. The van der Waals surface area contributed by atoms with Crippen LogP contribution in [0, 0.1) is 11.3 Å². The lowest BCUT2D eigenvalue weighted by Gasteiger charge is -2.13. The maximum absolute atomic E-state index is 12.6. The van der Waals surface area contributed by atoms with E-state index in [0.717, 1.165) is 5.56 Å². The van der Waals surface area contributed by atoms with E-state index in [4.69, 9.17) is 14.6 Å². The van der Waals surface area contributed by atoms with E-state index >= 15 is 0 Å². The van der Waals surface area contributed by atoms with Crippen molar-refractivity contribution in [3.8, 4) is 17.6 Å². The van der Waals surface area contributed by atoms with Crippen molar-refractivity contribution in [3.63, 3.8) is 0 Å². The van der Waals surface area contributed by atoms with Gasteiger partial charge in [0.15, 0.2) is 11.5 Å². The Balaban J connectivity index is 1.73. The largest absolute Gasteiger partial charge is 0.490 e. The number of hydrogen-bond donors (Lipinski definition) is 2. The average Bonchev–Trinajstić information content (AvgIpc) is 2.91. The minimum atomic E-state index is -1.00. The Morgan fingerprint density at radius 3 is 2.22 bits per heavy atom. The van der Waals surface area contributed by atoms with E-state index in [1.165, 1.54) is 49.6 Å². The van der Waals surface area contributed by atoms with Crippen molar-refractivity contribution < 1.29 is 33.7 Å². The van der Waals surface area contributed by atoms with Crippen molar-refractivity contribution in [1.29, 1.82) is 5.26 Å². The smallest absolute Gasteiger partial charge is 0.337 e. The van der Waals surface area contributed by atoms with Crippen LogP contribution in [0.1, 0.15) is 38.8 Å². The number of ether oxygens (including phenoxy) is 3. The molecule has 0 atom stereocenters. The predicted octanol–water partition coefficient (Wildman–Crippen LogP) is 4.69. The number of carbonyl (C=O) groups is 3. The van der Waals surface area contributed by atoms with Gasteiger partial charge in [-0.05, 0) is 72.7 Å². The highest BCUT2D eigenvalue weighted by Crippen LogP contribution is 2.30. The number of hydrogen-bond acceptors (Lipinski definition) is 7. The van der Waals surface area contributed by atoms with E-state index in [0.29, 0.717) is 34.9 Å². The Labute approximate surface area is 213 Å². The van der Waals surface area contributed by atoms with Gasteiger partial charge in [0, 0.05) is 5.69 Å². The van der Waals surface area contributed by atoms with Crippen molar-refractivity contribution in [2.45, 2.75) is 13.5 Å². The molecule has 9 heteroatoms. The summed E-state index contributed by atoms with van der Waals surface area (Å²) in [7, 11) is 1.28. The summed E-state index contributed by atoms with van der Waals surface area (Å²) < 4.78 is 16.2. The number of anilines is 1. The lowest BCUT2D eigenvalue weighted by Crippen LogP contribution is -2.13. The van der Waals surface area contributed by atoms with Gasteiger partial charge in [-0.3, -0.25) is 4.79 Å². The Bertz CT molecular complexity index is 1350. The highest BCUT2D eigenvalue weighted by atomic mass is 16.5. The zero-order valence-electron chi connectivity index (χ0n) is 20.2. The molecule has 3 rings (SSSR count). The molecule has 0 bridgehead atoms. The van der Waals surface area contributed by atoms with Crippen molar-refractivity contribution in [2.75, 3.05) is 19.0 Å². The van der Waals surface area contributed by atoms with Crippen LogP contribution in [0.4, 0.5) is 5.69 Å². The molecule has 0 saturated carbocycles. The first-order valence-corrected chi connectivity index (χ1v) is 11.2. The molecular formula is C28H24N2O7. The van der Waals surface area contributed by atoms with Crippen LogP contribution in [-0.4, -0.2) is 36.7 Å². The molecule has 0 aliphatic rings. The summed E-state index contributed by atoms with van der Waals surface area (Å²) in [5, 5.41) is 21.2. The summed E-state index contributed by atoms with van der Waals surface area (Å²) in [5.74, 6) is -1.23. The molecule has 3 aromatic rings. The molecule has 0 unspecified atom stereocenters. The molecule has 0 fully saturated rings. The molecule has 2 N–H and O–H groups in total. The molecule has 1 amide bonds. The van der Waals surface area contributed by atoms with Crippen LogP contribution in [0.15, 0.2) is 72.3 Å². The zero-order chi connectivity index (χ0) is 26.8. The Morgan fingerprint density at radius 2 is 1.62 bits per heavy atom. The van der Waals surface area contributed by atoms with Gasteiger partial charge in [0.2, 0.25) is 0 Å². The molecule has 0 heterocycles. The Kier molecular flexibility index (Phi) is 9.00. The fourth-order valence-corrected chi connectivity index (χ4v) is 3.23. The fourth-order valence-electron chi connectivity index (χ4n) is 3.23. The number of carboxylic acid groups (broad SMARTS) is 1. The topological polar surface area (TPSA) is 135 Å². The first-order valence-electron chi connectivity index (χ1n) is 11.2. The van der Waals surface area contributed by atoms with Crippen LogP contribution in [0.2, 0.25) is 0 Å². The second kappa shape index (κ2) is 12.6. The number of amides is 1. The highest BCUT2D eigenvalue weighted by molar-refractivity contribution is 6.09. The van der Waals surface area contributed by atoms with Crippen molar-refractivity contribution in [2.24, 2.45) is 0 Å². The number of methoxy groups -OCH3 is 1. The van der Waals surface area contributed by atoms with Crippen molar-refractivity contribution in [1.82, 2.24) is 0 Å². The van der Waals surface area contributed by atoms with E-state index in [1.54, 1.807) is 30.3 Å². The molecule has 0 aliphatic heterocycles. The van der Waals surface area contributed by atoms with Gasteiger partial charge in [-0.15, -0.1) is 0 Å². The molecular weight excluding hydrogens is 476 g/mol. The number of nitrogens with one attached hydrogen (secondary N) is 1. The summed E-state index contributed by atoms with van der Waals surface area (Å²) in [5.41, 5.74) is 2.12. The Morgan fingerprint density at radius 1 is 0.946 bits per heavy atom. The second-order valence-electron chi connectivity index (χ2n) is 7.62. The van der Waals surface area contributed by atoms with Gasteiger partial charge in [0.05, 0.1) is 24.8 Å². The Hall–Kier alpha value is -5.10. The number of nitrogens with zero attached hydrogens (tertiary/aromatic N) is 1. The van der Waals surface area contributed by atoms with Crippen LogP contribution in [0.5, 0.6) is 11.5 Å². The second-order valence-corrected chi connectivity index (χ2v) is 7.62. The maximum atomic E-state index is 12.6. The predicted molar refractivity (Wildman–Crippen MR) is 135 cm³/mol. The van der Waals surface area contributed by atoms with Crippen molar-refractivity contribution in [3.05, 3.63) is 94.6 Å². The van der Waals surface area contributed by atoms with Gasteiger partial charge < -0.3 is 24.6 Å². The average molecular weight is 501 g/mol. The molecule has 3 aromatic carbocycles. The molecule has 9 nitrogen and oxygen atoms in total. The van der Waals surface area contributed by atoms with Crippen LogP contribution in [0.3, 0.4) is 0 Å². The van der Waals surface area contributed by atoms with E-state index in [9.17, 15) is 19.6 Å². The fraction of sp³-hybridized carbons (Fsp3) is 0.143. The number of rotatable bonds is 10. The highest BCUT2D eigenvalue weighted by Gasteiger charge is 2.13. The number of benzene rings is 3. The minimum absolute atomic E-state index is 0.133. The van der Waals surface area contributed by atoms with Gasteiger partial charge in [0.1, 0.15) is 18.2 Å². The van der Waals surface area contributed by atoms with E-state index in [1.807, 2.05) is 13.0 Å².